The van der Waals surface area contributed by atoms with Gasteiger partial charge in [0.1, 0.15) is 17.6 Å². The predicted molar refractivity (Wildman–Crippen MR) is 116 cm³/mol. The molecule has 0 bridgehead atoms. The van der Waals surface area contributed by atoms with E-state index in [2.05, 4.69) is 10.6 Å². The van der Waals surface area contributed by atoms with Crippen molar-refractivity contribution in [3.63, 3.8) is 0 Å². The molecule has 0 spiro atoms. The first-order valence-corrected chi connectivity index (χ1v) is 10.1. The van der Waals surface area contributed by atoms with Crippen LogP contribution in [0.25, 0.3) is 0 Å². The normalized spacial score (nSPS) is 13.6. The molecule has 0 saturated carbocycles. The first-order valence-electron chi connectivity index (χ1n) is 10.1. The zero-order valence-electron chi connectivity index (χ0n) is 17.9. The highest BCUT2D eigenvalue weighted by Gasteiger charge is 2.27. The number of hydrogen-bond donors (Lipinski definition) is 2. The maximum absolute atomic E-state index is 13.1. The minimum absolute atomic E-state index is 0.0737. The van der Waals surface area contributed by atoms with Crippen molar-refractivity contribution in [3.05, 3.63) is 60.4 Å². The lowest BCUT2D eigenvalue weighted by Gasteiger charge is -2.28. The number of halogens is 1. The quantitative estimate of drug-likeness (QED) is 0.650. The summed E-state index contributed by atoms with van der Waals surface area (Å²) < 4.78 is 18.4. The van der Waals surface area contributed by atoms with Crippen LogP contribution in [0.1, 0.15) is 27.2 Å². The fourth-order valence-electron chi connectivity index (χ4n) is 3.04. The largest absolute Gasteiger partial charge is 0.413 e. The number of nitrogens with zero attached hydrogens (tertiary/aromatic N) is 1. The summed E-state index contributed by atoms with van der Waals surface area (Å²) in [6, 6.07) is 14.0. The summed E-state index contributed by atoms with van der Waals surface area (Å²) in [5, 5.41) is 5.64. The van der Waals surface area contributed by atoms with Crippen LogP contribution < -0.4 is 20.3 Å². The first kappa shape index (κ1) is 23.2. The molecule has 0 aliphatic rings. The summed E-state index contributed by atoms with van der Waals surface area (Å²) in [6.45, 7) is 6.27. The number of para-hydroxylation sites is 1. The SMILES string of the molecule is CC[C@H](C)[C@H](NC(=O)Oc1ccccc1)C(=O)NC(C)CN(C)c1ccc(F)cc1. The van der Waals surface area contributed by atoms with Crippen molar-refractivity contribution in [2.24, 2.45) is 5.92 Å². The number of carbonyl (C=O) groups is 2. The van der Waals surface area contributed by atoms with Crippen molar-refractivity contribution in [2.45, 2.75) is 39.3 Å². The fourth-order valence-corrected chi connectivity index (χ4v) is 3.04. The highest BCUT2D eigenvalue weighted by atomic mass is 19.1. The molecule has 30 heavy (non-hydrogen) atoms. The van der Waals surface area contributed by atoms with Crippen molar-refractivity contribution in [1.29, 1.82) is 0 Å². The van der Waals surface area contributed by atoms with Crippen molar-refractivity contribution in [3.8, 4) is 5.75 Å². The third kappa shape index (κ3) is 7.06. The Morgan fingerprint density at radius 2 is 1.67 bits per heavy atom. The number of hydrogen-bond acceptors (Lipinski definition) is 4. The first-order chi connectivity index (χ1) is 14.3. The molecule has 7 heteroatoms. The second kappa shape index (κ2) is 11.2. The topological polar surface area (TPSA) is 70.7 Å². The van der Waals surface area contributed by atoms with E-state index in [0.717, 1.165) is 5.69 Å². The van der Waals surface area contributed by atoms with E-state index >= 15 is 0 Å². The summed E-state index contributed by atoms with van der Waals surface area (Å²) >= 11 is 0. The number of rotatable bonds is 9. The van der Waals surface area contributed by atoms with E-state index in [0.29, 0.717) is 18.7 Å². The number of amides is 2. The third-order valence-corrected chi connectivity index (χ3v) is 4.93. The molecule has 0 fully saturated rings. The maximum Gasteiger partial charge on any atom is 0.413 e. The maximum atomic E-state index is 13.1. The molecule has 3 atom stereocenters. The lowest BCUT2D eigenvalue weighted by molar-refractivity contribution is -0.124. The molecule has 1 unspecified atom stereocenters. The zero-order chi connectivity index (χ0) is 22.1. The van der Waals surface area contributed by atoms with Gasteiger partial charge in [0.2, 0.25) is 5.91 Å². The van der Waals surface area contributed by atoms with Crippen molar-refractivity contribution >= 4 is 17.7 Å². The molecule has 2 amide bonds. The monoisotopic (exact) mass is 415 g/mol. The Labute approximate surface area is 177 Å². The summed E-state index contributed by atoms with van der Waals surface area (Å²) in [5.74, 6) is -0.226. The van der Waals surface area contributed by atoms with E-state index in [1.807, 2.05) is 38.8 Å². The Bertz CT molecular complexity index is 814. The van der Waals surface area contributed by atoms with Gasteiger partial charge in [0.25, 0.3) is 0 Å². The molecule has 0 aromatic heterocycles. The predicted octanol–water partition coefficient (Wildman–Crippen LogP) is 3.97. The van der Waals surface area contributed by atoms with Gasteiger partial charge < -0.3 is 20.3 Å². The molecule has 0 aliphatic heterocycles. The zero-order valence-corrected chi connectivity index (χ0v) is 17.9. The van der Waals surface area contributed by atoms with Gasteiger partial charge in [-0.15, -0.1) is 0 Å². The highest BCUT2D eigenvalue weighted by Crippen LogP contribution is 2.14. The van der Waals surface area contributed by atoms with Crippen LogP contribution in [0.15, 0.2) is 54.6 Å². The molecule has 2 N–H and O–H groups in total. The second-order valence-electron chi connectivity index (χ2n) is 7.48. The molecule has 2 aromatic rings. The molecule has 0 radical (unpaired) electrons. The van der Waals surface area contributed by atoms with Gasteiger partial charge in [-0.1, -0.05) is 38.5 Å². The lowest BCUT2D eigenvalue weighted by Crippen LogP contribution is -2.54. The minimum Gasteiger partial charge on any atom is -0.410 e. The van der Waals surface area contributed by atoms with Gasteiger partial charge in [0, 0.05) is 25.3 Å². The van der Waals surface area contributed by atoms with Gasteiger partial charge in [-0.25, -0.2) is 9.18 Å². The van der Waals surface area contributed by atoms with Crippen LogP contribution in [0.5, 0.6) is 5.75 Å². The van der Waals surface area contributed by atoms with E-state index in [1.54, 1.807) is 36.4 Å². The van der Waals surface area contributed by atoms with Gasteiger partial charge >= 0.3 is 6.09 Å². The molecule has 162 valence electrons. The van der Waals surface area contributed by atoms with Crippen LogP contribution in [-0.2, 0) is 4.79 Å². The van der Waals surface area contributed by atoms with Gasteiger partial charge in [-0.3, -0.25) is 4.79 Å². The van der Waals surface area contributed by atoms with E-state index in [9.17, 15) is 14.0 Å². The summed E-state index contributed by atoms with van der Waals surface area (Å²) in [7, 11) is 1.87. The van der Waals surface area contributed by atoms with Crippen LogP contribution >= 0.6 is 0 Å². The molecule has 6 nitrogen and oxygen atoms in total. The molecule has 0 saturated heterocycles. The number of benzene rings is 2. The Balaban J connectivity index is 1.94. The summed E-state index contributed by atoms with van der Waals surface area (Å²) in [6.07, 6.45) is 0.0471. The van der Waals surface area contributed by atoms with E-state index in [-0.39, 0.29) is 23.7 Å². The Morgan fingerprint density at radius 3 is 2.27 bits per heavy atom. The van der Waals surface area contributed by atoms with E-state index < -0.39 is 12.1 Å². The van der Waals surface area contributed by atoms with Gasteiger partial charge in [0.05, 0.1) is 0 Å². The van der Waals surface area contributed by atoms with Gasteiger partial charge in [-0.05, 0) is 49.2 Å². The number of likely N-dealkylation sites (N-methyl/N-ethyl adjacent to an activating group) is 1. The molecular formula is C23H30FN3O3. The molecule has 0 heterocycles. The van der Waals surface area contributed by atoms with Crippen LogP contribution in [0.3, 0.4) is 0 Å². The summed E-state index contributed by atoms with van der Waals surface area (Å²) in [4.78, 5) is 27.1. The Kier molecular flexibility index (Phi) is 8.65. The van der Waals surface area contributed by atoms with Gasteiger partial charge in [0.15, 0.2) is 0 Å². The third-order valence-electron chi connectivity index (χ3n) is 4.93. The Hall–Kier alpha value is -3.09. The highest BCUT2D eigenvalue weighted by molar-refractivity contribution is 5.86. The summed E-state index contributed by atoms with van der Waals surface area (Å²) in [5.41, 5.74) is 0.848. The second-order valence-corrected chi connectivity index (χ2v) is 7.48. The molecule has 2 rings (SSSR count). The van der Waals surface area contributed by atoms with Gasteiger partial charge in [-0.2, -0.15) is 0 Å². The molecule has 2 aromatic carbocycles. The van der Waals surface area contributed by atoms with E-state index in [4.69, 9.17) is 4.74 Å². The van der Waals surface area contributed by atoms with Crippen molar-refractivity contribution in [1.82, 2.24) is 10.6 Å². The van der Waals surface area contributed by atoms with Crippen molar-refractivity contribution < 1.29 is 18.7 Å². The van der Waals surface area contributed by atoms with Crippen LogP contribution in [-0.4, -0.2) is 37.7 Å². The number of carbonyl (C=O) groups excluding carboxylic acids is 2. The van der Waals surface area contributed by atoms with Crippen LogP contribution in [0.2, 0.25) is 0 Å². The standard InChI is InChI=1S/C23H30FN3O3/c1-5-16(2)21(26-23(29)30-20-9-7-6-8-10-20)22(28)25-17(3)15-27(4)19-13-11-18(24)12-14-19/h6-14,16-17,21H,5,15H2,1-4H3,(H,25,28)(H,26,29)/t16-,17?,21-/m0/s1. The average Bonchev–Trinajstić information content (AvgIpc) is 2.72. The van der Waals surface area contributed by atoms with Crippen LogP contribution in [0, 0.1) is 11.7 Å². The van der Waals surface area contributed by atoms with E-state index in [1.165, 1.54) is 12.1 Å². The number of nitrogens with one attached hydrogen (secondary N) is 2. The smallest absolute Gasteiger partial charge is 0.410 e. The van der Waals surface area contributed by atoms with Crippen LogP contribution in [0.4, 0.5) is 14.9 Å². The Morgan fingerprint density at radius 1 is 1.03 bits per heavy atom. The minimum atomic E-state index is -0.718. The number of anilines is 1. The fraction of sp³-hybridized carbons (Fsp3) is 0.391. The number of ether oxygens (including phenoxy) is 1. The lowest BCUT2D eigenvalue weighted by atomic mass is 9.98. The van der Waals surface area contributed by atoms with Crippen molar-refractivity contribution in [2.75, 3.05) is 18.5 Å². The molecule has 0 aliphatic carbocycles. The average molecular weight is 416 g/mol. The molecular weight excluding hydrogens is 385 g/mol.